The molecule has 8 nitrogen and oxygen atoms in total. The number of hydrogen-bond donors (Lipinski definition) is 2. The maximum atomic E-state index is 12.1. The van der Waals surface area contributed by atoms with E-state index in [0.29, 0.717) is 50.7 Å². The molecule has 0 amide bonds. The van der Waals surface area contributed by atoms with Gasteiger partial charge in [-0.15, -0.1) is 0 Å². The van der Waals surface area contributed by atoms with Gasteiger partial charge in [-0.2, -0.15) is 0 Å². The number of nitrogens with one attached hydrogen (secondary N) is 1. The van der Waals surface area contributed by atoms with E-state index in [1.165, 1.54) is 21.3 Å². The first-order valence-corrected chi connectivity index (χ1v) is 10.6. The van der Waals surface area contributed by atoms with Gasteiger partial charge in [0.2, 0.25) is 0 Å². The summed E-state index contributed by atoms with van der Waals surface area (Å²) in [6, 6.07) is 8.74. The van der Waals surface area contributed by atoms with E-state index in [0.717, 1.165) is 13.1 Å². The molecule has 3 aromatic rings. The lowest BCUT2D eigenvalue weighted by Gasteiger charge is -2.17. The van der Waals surface area contributed by atoms with Gasteiger partial charge in [0, 0.05) is 17.0 Å². The van der Waals surface area contributed by atoms with Gasteiger partial charge in [0.1, 0.15) is 0 Å². The number of fused-ring (bicyclic) bond motifs is 1. The van der Waals surface area contributed by atoms with Crippen molar-refractivity contribution in [1.82, 2.24) is 10.3 Å². The van der Waals surface area contributed by atoms with Crippen LogP contribution in [0.25, 0.3) is 22.0 Å². The molecule has 0 aliphatic rings. The van der Waals surface area contributed by atoms with Gasteiger partial charge in [0.15, 0.2) is 23.0 Å². The van der Waals surface area contributed by atoms with E-state index < -0.39 is 5.97 Å². The largest absolute Gasteiger partial charge is 0.493 e. The lowest BCUT2D eigenvalue weighted by atomic mass is 9.93. The van der Waals surface area contributed by atoms with Gasteiger partial charge >= 0.3 is 5.97 Å². The third-order valence-corrected chi connectivity index (χ3v) is 5.06. The fourth-order valence-corrected chi connectivity index (χ4v) is 3.52. The summed E-state index contributed by atoms with van der Waals surface area (Å²) in [5.74, 6) is 0.991. The van der Waals surface area contributed by atoms with Gasteiger partial charge in [-0.05, 0) is 43.8 Å². The Morgan fingerprint density at radius 2 is 1.42 bits per heavy atom. The molecule has 0 aliphatic heterocycles. The Labute approximate surface area is 194 Å². The van der Waals surface area contributed by atoms with Crippen LogP contribution in [0.5, 0.6) is 23.0 Å². The topological polar surface area (TPSA) is 99.1 Å². The Balaban J connectivity index is 0.000000696. The predicted octanol–water partition coefficient (Wildman–Crippen LogP) is 4.56. The zero-order valence-electron chi connectivity index (χ0n) is 20.2. The second-order valence-electron chi connectivity index (χ2n) is 7.00. The van der Waals surface area contributed by atoms with E-state index in [-0.39, 0.29) is 5.56 Å². The summed E-state index contributed by atoms with van der Waals surface area (Å²) in [5, 5.41) is 13.6. The molecule has 33 heavy (non-hydrogen) atoms. The molecular formula is C25H32N2O6. The molecule has 1 heterocycles. The number of carbonyl (C=O) groups is 1. The quantitative estimate of drug-likeness (QED) is 0.509. The number of rotatable bonds is 8. The molecule has 0 atom stereocenters. The molecule has 0 bridgehead atoms. The second-order valence-corrected chi connectivity index (χ2v) is 7.00. The van der Waals surface area contributed by atoms with E-state index in [9.17, 15) is 9.90 Å². The molecule has 178 valence electrons. The number of aryl methyl sites for hydroxylation is 1. The summed E-state index contributed by atoms with van der Waals surface area (Å²) in [6.45, 7) is 8.06. The van der Waals surface area contributed by atoms with Crippen molar-refractivity contribution in [1.29, 1.82) is 0 Å². The number of aromatic nitrogens is 1. The number of benzene rings is 2. The van der Waals surface area contributed by atoms with Crippen LogP contribution in [0.4, 0.5) is 0 Å². The Bertz CT molecular complexity index is 1110. The number of hydrogen-bond acceptors (Lipinski definition) is 7. The van der Waals surface area contributed by atoms with E-state index in [1.54, 1.807) is 44.4 Å². The minimum absolute atomic E-state index is 0.118. The van der Waals surface area contributed by atoms with Gasteiger partial charge in [-0.25, -0.2) is 4.79 Å². The molecule has 0 saturated heterocycles. The predicted molar refractivity (Wildman–Crippen MR) is 129 cm³/mol. The van der Waals surface area contributed by atoms with E-state index in [2.05, 4.69) is 24.1 Å². The summed E-state index contributed by atoms with van der Waals surface area (Å²) < 4.78 is 21.4. The number of pyridine rings is 1. The van der Waals surface area contributed by atoms with E-state index in [1.807, 2.05) is 0 Å². The molecule has 3 rings (SSSR count). The highest BCUT2D eigenvalue weighted by atomic mass is 16.5. The maximum Gasteiger partial charge on any atom is 0.338 e. The summed E-state index contributed by atoms with van der Waals surface area (Å²) >= 11 is 0. The van der Waals surface area contributed by atoms with Gasteiger partial charge < -0.3 is 29.4 Å². The van der Waals surface area contributed by atoms with Gasteiger partial charge in [0.25, 0.3) is 0 Å². The molecule has 0 fully saturated rings. The average molecular weight is 457 g/mol. The number of aromatic carboxylic acids is 1. The fraction of sp³-hybridized carbons (Fsp3) is 0.360. The summed E-state index contributed by atoms with van der Waals surface area (Å²) in [6.07, 6.45) is 0. The van der Waals surface area contributed by atoms with Gasteiger partial charge in [-0.3, -0.25) is 4.98 Å². The van der Waals surface area contributed by atoms with Crippen LogP contribution in [0.1, 0.15) is 29.9 Å². The molecule has 2 aromatic carbocycles. The van der Waals surface area contributed by atoms with Crippen molar-refractivity contribution in [3.63, 3.8) is 0 Å². The molecule has 2 N–H and O–H groups in total. The van der Waals surface area contributed by atoms with Crippen molar-refractivity contribution in [3.05, 3.63) is 41.6 Å². The molecule has 8 heteroatoms. The number of nitrogens with zero attached hydrogens (tertiary/aromatic N) is 1. The van der Waals surface area contributed by atoms with Crippen LogP contribution in [-0.2, 0) is 0 Å². The van der Waals surface area contributed by atoms with Crippen LogP contribution >= 0.6 is 0 Å². The van der Waals surface area contributed by atoms with Crippen molar-refractivity contribution >= 4 is 16.9 Å². The highest BCUT2D eigenvalue weighted by molar-refractivity contribution is 6.08. The standard InChI is InChI=1S/C21H21NO6.C4H11N/c1-11-19(21(23)24)20(12-6-7-15(25-2)16(8-12)26-3)13-9-17(27-4)18(28-5)10-14(13)22-11;1-3-5-4-2/h6-10H,1-5H3,(H,23,24);5H,3-4H2,1-2H3. The molecule has 0 unspecified atom stereocenters. The molecule has 0 radical (unpaired) electrons. The molecule has 0 aliphatic carbocycles. The van der Waals surface area contributed by atoms with Crippen LogP contribution in [0, 0.1) is 6.92 Å². The molecule has 0 spiro atoms. The first kappa shape index (κ1) is 25.7. The highest BCUT2D eigenvalue weighted by Gasteiger charge is 2.22. The van der Waals surface area contributed by atoms with Crippen LogP contribution in [0.3, 0.4) is 0 Å². The van der Waals surface area contributed by atoms with E-state index >= 15 is 0 Å². The smallest absolute Gasteiger partial charge is 0.338 e. The Kier molecular flexibility index (Phi) is 9.30. The van der Waals surface area contributed by atoms with Gasteiger partial charge in [0.05, 0.1) is 45.2 Å². The Hall–Kier alpha value is -3.52. The van der Waals surface area contributed by atoms with Crippen LogP contribution in [-0.4, -0.2) is 57.6 Å². The minimum atomic E-state index is -1.06. The fourth-order valence-electron chi connectivity index (χ4n) is 3.52. The lowest BCUT2D eigenvalue weighted by Crippen LogP contribution is -2.09. The minimum Gasteiger partial charge on any atom is -0.493 e. The summed E-state index contributed by atoms with van der Waals surface area (Å²) in [7, 11) is 6.14. The Morgan fingerprint density at radius 3 is 1.91 bits per heavy atom. The first-order chi connectivity index (χ1) is 15.9. The van der Waals surface area contributed by atoms with Crippen LogP contribution < -0.4 is 24.3 Å². The SMILES string of the molecule is CCNCC.COc1ccc(-c2c(C(=O)O)c(C)nc3cc(OC)c(OC)cc23)cc1OC. The molecule has 0 saturated carbocycles. The normalized spacial score (nSPS) is 10.3. The van der Waals surface area contributed by atoms with Crippen molar-refractivity contribution in [3.8, 4) is 34.1 Å². The van der Waals surface area contributed by atoms with Crippen molar-refractivity contribution in [2.45, 2.75) is 20.8 Å². The van der Waals surface area contributed by atoms with Crippen LogP contribution in [0.15, 0.2) is 30.3 Å². The number of carboxylic acids is 1. The average Bonchev–Trinajstić information content (AvgIpc) is 2.82. The number of ether oxygens (including phenoxy) is 4. The summed E-state index contributed by atoms with van der Waals surface area (Å²) in [5.41, 5.74) is 2.31. The lowest BCUT2D eigenvalue weighted by molar-refractivity contribution is 0.0696. The third-order valence-electron chi connectivity index (χ3n) is 5.06. The molecular weight excluding hydrogens is 424 g/mol. The Morgan fingerprint density at radius 1 is 0.879 bits per heavy atom. The number of carboxylic acid groups (broad SMARTS) is 1. The van der Waals surface area contributed by atoms with E-state index in [4.69, 9.17) is 18.9 Å². The zero-order valence-corrected chi connectivity index (χ0v) is 20.2. The maximum absolute atomic E-state index is 12.1. The molecule has 1 aromatic heterocycles. The zero-order chi connectivity index (χ0) is 24.5. The second kappa shape index (κ2) is 11.9. The van der Waals surface area contributed by atoms with Crippen molar-refractivity contribution in [2.75, 3.05) is 41.5 Å². The van der Waals surface area contributed by atoms with Crippen molar-refractivity contribution < 1.29 is 28.8 Å². The third kappa shape index (κ3) is 5.64. The monoisotopic (exact) mass is 456 g/mol. The van der Waals surface area contributed by atoms with Crippen molar-refractivity contribution in [2.24, 2.45) is 0 Å². The van der Waals surface area contributed by atoms with Crippen LogP contribution in [0.2, 0.25) is 0 Å². The highest BCUT2D eigenvalue weighted by Crippen LogP contribution is 2.41. The number of methoxy groups -OCH3 is 4. The van der Waals surface area contributed by atoms with Gasteiger partial charge in [-0.1, -0.05) is 19.9 Å². The summed E-state index contributed by atoms with van der Waals surface area (Å²) in [4.78, 5) is 16.5. The first-order valence-electron chi connectivity index (χ1n) is 10.6.